The molecule has 0 fully saturated rings. The third kappa shape index (κ3) is 3.51. The highest BCUT2D eigenvalue weighted by atomic mass is 16.2. The van der Waals surface area contributed by atoms with E-state index in [2.05, 4.69) is 10.3 Å². The molecule has 0 unspecified atom stereocenters. The second kappa shape index (κ2) is 5.26. The Hall–Kier alpha value is -1.69. The summed E-state index contributed by atoms with van der Waals surface area (Å²) < 4.78 is 1.78. The summed E-state index contributed by atoms with van der Waals surface area (Å²) in [5.74, 6) is -0.344. The Morgan fingerprint density at radius 1 is 1.80 bits per heavy atom. The van der Waals surface area contributed by atoms with Gasteiger partial charge in [0, 0.05) is 19.7 Å². The minimum Gasteiger partial charge on any atom is -0.345 e. The van der Waals surface area contributed by atoms with E-state index in [9.17, 15) is 9.59 Å². The van der Waals surface area contributed by atoms with E-state index >= 15 is 0 Å². The molecule has 0 saturated heterocycles. The number of nitrogens with zero attached hydrogens (tertiary/aromatic N) is 2. The lowest BCUT2D eigenvalue weighted by molar-refractivity contribution is -0.122. The van der Waals surface area contributed by atoms with E-state index < -0.39 is 6.04 Å². The number of hydrogen-bond acceptors (Lipinski definition) is 4. The number of imidazole rings is 1. The summed E-state index contributed by atoms with van der Waals surface area (Å²) in [6, 6.07) is -0.559. The quantitative estimate of drug-likeness (QED) is 0.585. The number of nitrogens with two attached hydrogens (primary N) is 1. The minimum absolute atomic E-state index is 0.118. The van der Waals surface area contributed by atoms with E-state index in [0.29, 0.717) is 12.7 Å². The molecule has 6 heteroatoms. The van der Waals surface area contributed by atoms with Crippen molar-refractivity contribution in [1.29, 1.82) is 0 Å². The molecule has 1 atom stereocenters. The first-order valence-corrected chi connectivity index (χ1v) is 4.57. The average molecular weight is 210 g/mol. The first-order chi connectivity index (χ1) is 7.15. The van der Waals surface area contributed by atoms with Crippen molar-refractivity contribution in [2.45, 2.75) is 12.5 Å². The second-order valence-electron chi connectivity index (χ2n) is 3.25. The SMILES string of the molecule is Cn1cnc(C[C@@H](C=O)NC(=O)CN)c1. The third-order valence-corrected chi connectivity index (χ3v) is 1.88. The molecule has 1 heterocycles. The first kappa shape index (κ1) is 11.4. The van der Waals surface area contributed by atoms with Crippen LogP contribution in [0, 0.1) is 0 Å². The van der Waals surface area contributed by atoms with Gasteiger partial charge >= 0.3 is 0 Å². The van der Waals surface area contributed by atoms with E-state index in [4.69, 9.17) is 5.73 Å². The fraction of sp³-hybridized carbons (Fsp3) is 0.444. The van der Waals surface area contributed by atoms with Gasteiger partial charge in [-0.3, -0.25) is 4.79 Å². The highest BCUT2D eigenvalue weighted by Crippen LogP contribution is 1.98. The zero-order valence-electron chi connectivity index (χ0n) is 8.51. The lowest BCUT2D eigenvalue weighted by atomic mass is 10.2. The average Bonchev–Trinajstić information content (AvgIpc) is 2.62. The van der Waals surface area contributed by atoms with Crippen molar-refractivity contribution >= 4 is 12.2 Å². The Morgan fingerprint density at radius 2 is 2.53 bits per heavy atom. The van der Waals surface area contributed by atoms with Crippen LogP contribution in [0.15, 0.2) is 12.5 Å². The molecule has 1 amide bonds. The molecule has 0 aromatic carbocycles. The molecule has 1 aromatic heterocycles. The molecule has 0 bridgehead atoms. The number of hydrogen-bond donors (Lipinski definition) is 2. The molecule has 0 radical (unpaired) electrons. The van der Waals surface area contributed by atoms with Gasteiger partial charge in [0.1, 0.15) is 6.29 Å². The second-order valence-corrected chi connectivity index (χ2v) is 3.25. The smallest absolute Gasteiger partial charge is 0.234 e. The van der Waals surface area contributed by atoms with Crippen LogP contribution in [0.5, 0.6) is 0 Å². The number of nitrogens with one attached hydrogen (secondary N) is 1. The number of carbonyl (C=O) groups excluding carboxylic acids is 2. The van der Waals surface area contributed by atoms with Gasteiger partial charge in [0.15, 0.2) is 0 Å². The van der Waals surface area contributed by atoms with Gasteiger partial charge in [0.2, 0.25) is 5.91 Å². The number of rotatable bonds is 5. The largest absolute Gasteiger partial charge is 0.345 e. The maximum absolute atomic E-state index is 11.0. The van der Waals surface area contributed by atoms with Crippen LogP contribution in [0.2, 0.25) is 0 Å². The summed E-state index contributed by atoms with van der Waals surface area (Å²) in [6.45, 7) is -0.118. The molecule has 1 aromatic rings. The van der Waals surface area contributed by atoms with Crippen LogP contribution in [-0.4, -0.2) is 34.3 Å². The standard InChI is InChI=1S/C9H14N4O2/c1-13-4-7(11-6-13)2-8(5-14)12-9(15)3-10/h4-6,8H,2-3,10H2,1H3,(H,12,15)/t8-/m0/s1. The molecule has 6 nitrogen and oxygen atoms in total. The van der Waals surface area contributed by atoms with Crippen molar-refractivity contribution in [3.63, 3.8) is 0 Å². The van der Waals surface area contributed by atoms with Crippen LogP contribution in [-0.2, 0) is 23.1 Å². The number of amides is 1. The molecule has 0 aliphatic heterocycles. The van der Waals surface area contributed by atoms with Crippen LogP contribution < -0.4 is 11.1 Å². The van der Waals surface area contributed by atoms with Crippen LogP contribution in [0.4, 0.5) is 0 Å². The van der Waals surface area contributed by atoms with E-state index in [1.165, 1.54) is 0 Å². The molecule has 0 spiro atoms. The molecular formula is C9H14N4O2. The maximum Gasteiger partial charge on any atom is 0.234 e. The Balaban J connectivity index is 2.53. The Morgan fingerprint density at radius 3 is 3.00 bits per heavy atom. The lowest BCUT2D eigenvalue weighted by Crippen LogP contribution is -2.41. The summed E-state index contributed by atoms with van der Waals surface area (Å²) in [7, 11) is 1.84. The topological polar surface area (TPSA) is 90.0 Å². The van der Waals surface area contributed by atoms with Gasteiger partial charge < -0.3 is 20.4 Å². The summed E-state index contributed by atoms with van der Waals surface area (Å²) in [6.07, 6.45) is 4.51. The summed E-state index contributed by atoms with van der Waals surface area (Å²) in [5.41, 5.74) is 5.88. The molecule has 3 N–H and O–H groups in total. The minimum atomic E-state index is -0.559. The number of aldehydes is 1. The van der Waals surface area contributed by atoms with Gasteiger partial charge in [-0.05, 0) is 0 Å². The fourth-order valence-electron chi connectivity index (χ4n) is 1.20. The van der Waals surface area contributed by atoms with Gasteiger partial charge in [-0.15, -0.1) is 0 Å². The molecule has 0 aliphatic rings. The molecule has 82 valence electrons. The fourth-order valence-corrected chi connectivity index (χ4v) is 1.20. The number of aryl methyl sites for hydroxylation is 1. The first-order valence-electron chi connectivity index (χ1n) is 4.57. The van der Waals surface area contributed by atoms with E-state index in [0.717, 1.165) is 5.69 Å². The van der Waals surface area contributed by atoms with Gasteiger partial charge in [-0.25, -0.2) is 4.98 Å². The lowest BCUT2D eigenvalue weighted by Gasteiger charge is -2.09. The Kier molecular flexibility index (Phi) is 3.99. The predicted octanol–water partition coefficient (Wildman–Crippen LogP) is -1.39. The Bertz CT molecular complexity index is 348. The van der Waals surface area contributed by atoms with Crippen LogP contribution >= 0.6 is 0 Å². The van der Waals surface area contributed by atoms with Crippen molar-refractivity contribution < 1.29 is 9.59 Å². The van der Waals surface area contributed by atoms with Gasteiger partial charge in [0.05, 0.1) is 24.6 Å². The van der Waals surface area contributed by atoms with E-state index in [1.54, 1.807) is 17.1 Å². The van der Waals surface area contributed by atoms with Crippen molar-refractivity contribution in [3.05, 3.63) is 18.2 Å². The van der Waals surface area contributed by atoms with Crippen LogP contribution in [0.25, 0.3) is 0 Å². The van der Waals surface area contributed by atoms with Crippen LogP contribution in [0.1, 0.15) is 5.69 Å². The number of carbonyl (C=O) groups is 2. The highest BCUT2D eigenvalue weighted by molar-refractivity contribution is 5.81. The van der Waals surface area contributed by atoms with Crippen molar-refractivity contribution in [2.24, 2.45) is 12.8 Å². The zero-order chi connectivity index (χ0) is 11.3. The Labute approximate surface area is 87.5 Å². The van der Waals surface area contributed by atoms with Crippen LogP contribution in [0.3, 0.4) is 0 Å². The van der Waals surface area contributed by atoms with Gasteiger partial charge in [-0.2, -0.15) is 0 Å². The van der Waals surface area contributed by atoms with E-state index in [1.807, 2.05) is 7.05 Å². The summed E-state index contributed by atoms with van der Waals surface area (Å²) >= 11 is 0. The highest BCUT2D eigenvalue weighted by Gasteiger charge is 2.12. The maximum atomic E-state index is 11.0. The third-order valence-electron chi connectivity index (χ3n) is 1.88. The monoisotopic (exact) mass is 210 g/mol. The normalized spacial score (nSPS) is 12.1. The van der Waals surface area contributed by atoms with Crippen molar-refractivity contribution in [1.82, 2.24) is 14.9 Å². The van der Waals surface area contributed by atoms with E-state index in [-0.39, 0.29) is 12.5 Å². The zero-order valence-corrected chi connectivity index (χ0v) is 8.51. The predicted molar refractivity (Wildman–Crippen MR) is 54.0 cm³/mol. The molecular weight excluding hydrogens is 196 g/mol. The summed E-state index contributed by atoms with van der Waals surface area (Å²) in [5, 5.41) is 2.49. The summed E-state index contributed by atoms with van der Waals surface area (Å²) in [4.78, 5) is 25.7. The molecule has 0 saturated carbocycles. The van der Waals surface area contributed by atoms with Crippen molar-refractivity contribution in [2.75, 3.05) is 6.54 Å². The molecule has 0 aliphatic carbocycles. The molecule has 15 heavy (non-hydrogen) atoms. The van der Waals surface area contributed by atoms with Gasteiger partial charge in [-0.1, -0.05) is 0 Å². The number of aromatic nitrogens is 2. The molecule has 1 rings (SSSR count). The van der Waals surface area contributed by atoms with Crippen molar-refractivity contribution in [3.8, 4) is 0 Å². The van der Waals surface area contributed by atoms with Gasteiger partial charge in [0.25, 0.3) is 0 Å².